The van der Waals surface area contributed by atoms with E-state index in [0.717, 1.165) is 0 Å². The van der Waals surface area contributed by atoms with E-state index in [4.69, 9.17) is 21.6 Å². The number of allylic oxidation sites excluding steroid dienone is 1. The van der Waals surface area contributed by atoms with Gasteiger partial charge >= 0.3 is 0 Å². The van der Waals surface area contributed by atoms with Gasteiger partial charge in [-0.25, -0.2) is 4.39 Å². The van der Waals surface area contributed by atoms with Gasteiger partial charge in [0.15, 0.2) is 11.6 Å². The van der Waals surface area contributed by atoms with Crippen LogP contribution in [-0.2, 0) is 0 Å². The maximum Gasteiger partial charge on any atom is 0.230 e. The van der Waals surface area contributed by atoms with Gasteiger partial charge in [-0.05, 0) is 36.4 Å². The highest BCUT2D eigenvalue weighted by Gasteiger charge is 2.18. The highest BCUT2D eigenvalue weighted by atomic mass is 35.5. The Labute approximate surface area is 125 Å². The zero-order valence-corrected chi connectivity index (χ0v) is 11.5. The van der Waals surface area contributed by atoms with Crippen LogP contribution in [0.25, 0.3) is 0 Å². The minimum Gasteiger partial charge on any atom is -0.454 e. The standard InChI is InChI=1S/C16H9ClFNO2/c1-10(21-12-7-5-11(9-19)6-8-12)16(20)13-3-2-4-14(17)15(13)18/h2-8H,1H2. The Hall–Kier alpha value is -2.64. The molecule has 0 atom stereocenters. The van der Waals surface area contributed by atoms with Crippen LogP contribution in [-0.4, -0.2) is 5.78 Å². The molecular weight excluding hydrogens is 293 g/mol. The lowest BCUT2D eigenvalue weighted by Crippen LogP contribution is -2.10. The molecule has 2 aromatic carbocycles. The molecule has 0 spiro atoms. The molecular formula is C16H9ClFNO2. The van der Waals surface area contributed by atoms with Crippen molar-refractivity contribution in [3.8, 4) is 11.8 Å². The van der Waals surface area contributed by atoms with Crippen LogP contribution in [0.2, 0.25) is 5.02 Å². The van der Waals surface area contributed by atoms with E-state index in [9.17, 15) is 9.18 Å². The molecule has 2 aromatic rings. The van der Waals surface area contributed by atoms with Gasteiger partial charge in [0.1, 0.15) is 5.75 Å². The van der Waals surface area contributed by atoms with Crippen LogP contribution in [0, 0.1) is 17.1 Å². The topological polar surface area (TPSA) is 50.1 Å². The summed E-state index contributed by atoms with van der Waals surface area (Å²) < 4.78 is 19.0. The number of Topliss-reactive ketones (excluding diaryl/α,β-unsaturated/α-hetero) is 1. The molecule has 2 rings (SSSR count). The quantitative estimate of drug-likeness (QED) is 0.485. The molecule has 0 aliphatic carbocycles. The fourth-order valence-electron chi connectivity index (χ4n) is 1.62. The van der Waals surface area contributed by atoms with Gasteiger partial charge in [-0.15, -0.1) is 0 Å². The van der Waals surface area contributed by atoms with Crippen LogP contribution in [0.4, 0.5) is 4.39 Å². The average Bonchev–Trinajstić information content (AvgIpc) is 2.50. The van der Waals surface area contributed by atoms with Gasteiger partial charge in [-0.2, -0.15) is 5.26 Å². The molecule has 0 amide bonds. The van der Waals surface area contributed by atoms with Crippen LogP contribution in [0.15, 0.2) is 54.8 Å². The number of carbonyl (C=O) groups is 1. The average molecular weight is 302 g/mol. The Morgan fingerprint density at radius 2 is 1.90 bits per heavy atom. The van der Waals surface area contributed by atoms with Gasteiger partial charge in [0.05, 0.1) is 22.2 Å². The van der Waals surface area contributed by atoms with E-state index < -0.39 is 11.6 Å². The first kappa shape index (κ1) is 14.8. The van der Waals surface area contributed by atoms with Crippen molar-refractivity contribution in [2.75, 3.05) is 0 Å². The third-order valence-corrected chi connectivity index (χ3v) is 2.97. The highest BCUT2D eigenvalue weighted by molar-refractivity contribution is 6.31. The Morgan fingerprint density at radius 1 is 1.24 bits per heavy atom. The summed E-state index contributed by atoms with van der Waals surface area (Å²) >= 11 is 5.63. The van der Waals surface area contributed by atoms with Gasteiger partial charge < -0.3 is 4.74 Å². The van der Waals surface area contributed by atoms with Crippen LogP contribution in [0.3, 0.4) is 0 Å². The predicted octanol–water partition coefficient (Wildman–Crippen LogP) is 4.13. The third kappa shape index (κ3) is 3.28. The summed E-state index contributed by atoms with van der Waals surface area (Å²) in [6.45, 7) is 3.49. The summed E-state index contributed by atoms with van der Waals surface area (Å²) in [6, 6.07) is 12.2. The Bertz CT molecular complexity index is 748. The molecule has 104 valence electrons. The minimum absolute atomic E-state index is 0.146. The maximum absolute atomic E-state index is 13.8. The molecule has 3 nitrogen and oxygen atoms in total. The van der Waals surface area contributed by atoms with Crippen LogP contribution in [0.5, 0.6) is 5.75 Å². The first-order valence-corrected chi connectivity index (χ1v) is 6.26. The van der Waals surface area contributed by atoms with Crippen LogP contribution in [0.1, 0.15) is 15.9 Å². The second kappa shape index (κ2) is 6.21. The van der Waals surface area contributed by atoms with E-state index in [1.54, 1.807) is 0 Å². The number of nitrogens with zero attached hydrogens (tertiary/aromatic N) is 1. The van der Waals surface area contributed by atoms with E-state index in [0.29, 0.717) is 11.3 Å². The fourth-order valence-corrected chi connectivity index (χ4v) is 1.79. The fraction of sp³-hybridized carbons (Fsp3) is 0. The first-order valence-electron chi connectivity index (χ1n) is 5.88. The molecule has 0 unspecified atom stereocenters. The summed E-state index contributed by atoms with van der Waals surface area (Å²) in [4.78, 5) is 12.1. The smallest absolute Gasteiger partial charge is 0.230 e. The number of halogens is 2. The largest absolute Gasteiger partial charge is 0.454 e. The summed E-state index contributed by atoms with van der Waals surface area (Å²) in [5, 5.41) is 8.54. The van der Waals surface area contributed by atoms with Crippen molar-refractivity contribution in [1.82, 2.24) is 0 Å². The molecule has 21 heavy (non-hydrogen) atoms. The van der Waals surface area contributed by atoms with Crippen molar-refractivity contribution in [3.05, 3.63) is 76.8 Å². The van der Waals surface area contributed by atoms with Crippen molar-refractivity contribution in [2.45, 2.75) is 0 Å². The summed E-state index contributed by atoms with van der Waals surface area (Å²) in [6.07, 6.45) is 0. The van der Waals surface area contributed by atoms with E-state index in [1.807, 2.05) is 6.07 Å². The number of rotatable bonds is 4. The van der Waals surface area contributed by atoms with E-state index >= 15 is 0 Å². The van der Waals surface area contributed by atoms with Crippen molar-refractivity contribution in [3.63, 3.8) is 0 Å². The SMILES string of the molecule is C=C(Oc1ccc(C#N)cc1)C(=O)c1cccc(Cl)c1F. The van der Waals surface area contributed by atoms with Gasteiger partial charge in [0.2, 0.25) is 5.78 Å². The van der Waals surface area contributed by atoms with Gasteiger partial charge in [-0.1, -0.05) is 24.2 Å². The monoisotopic (exact) mass is 301 g/mol. The lowest BCUT2D eigenvalue weighted by molar-refractivity contribution is 0.0983. The molecule has 5 heteroatoms. The minimum atomic E-state index is -0.811. The highest BCUT2D eigenvalue weighted by Crippen LogP contribution is 2.22. The Balaban J connectivity index is 2.18. The summed E-state index contributed by atoms with van der Waals surface area (Å²) in [7, 11) is 0. The lowest BCUT2D eigenvalue weighted by atomic mass is 10.1. The number of carbonyl (C=O) groups excluding carboxylic acids is 1. The van der Waals surface area contributed by atoms with Gasteiger partial charge in [0.25, 0.3) is 0 Å². The van der Waals surface area contributed by atoms with Gasteiger partial charge in [-0.3, -0.25) is 4.79 Å². The Kier molecular flexibility index (Phi) is 4.36. The second-order valence-electron chi connectivity index (χ2n) is 4.09. The van der Waals surface area contributed by atoms with E-state index in [1.165, 1.54) is 42.5 Å². The molecule has 0 aliphatic heterocycles. The third-order valence-electron chi connectivity index (χ3n) is 2.67. The molecule has 0 N–H and O–H groups in total. The van der Waals surface area contributed by atoms with Crippen LogP contribution >= 0.6 is 11.6 Å². The zero-order chi connectivity index (χ0) is 15.4. The molecule has 0 heterocycles. The van der Waals surface area contributed by atoms with Crippen molar-refractivity contribution < 1.29 is 13.9 Å². The van der Waals surface area contributed by atoms with E-state index in [-0.39, 0.29) is 16.3 Å². The number of nitriles is 1. The molecule has 0 fully saturated rings. The summed E-state index contributed by atoms with van der Waals surface area (Å²) in [5.41, 5.74) is 0.251. The molecule has 0 aromatic heterocycles. The first-order chi connectivity index (χ1) is 10.0. The molecule has 0 saturated heterocycles. The van der Waals surface area contributed by atoms with Crippen LogP contribution < -0.4 is 4.74 Å². The maximum atomic E-state index is 13.8. The second-order valence-corrected chi connectivity index (χ2v) is 4.50. The predicted molar refractivity (Wildman–Crippen MR) is 76.7 cm³/mol. The van der Waals surface area contributed by atoms with E-state index in [2.05, 4.69) is 6.58 Å². The number of benzene rings is 2. The number of ether oxygens (including phenoxy) is 1. The van der Waals surface area contributed by atoms with Crippen molar-refractivity contribution >= 4 is 17.4 Å². The molecule has 0 aliphatic rings. The van der Waals surface area contributed by atoms with Crippen molar-refractivity contribution in [1.29, 1.82) is 5.26 Å². The molecule has 0 bridgehead atoms. The molecule has 0 radical (unpaired) electrons. The van der Waals surface area contributed by atoms with Crippen molar-refractivity contribution in [2.24, 2.45) is 0 Å². The summed E-state index contributed by atoms with van der Waals surface area (Å²) in [5.74, 6) is -1.41. The number of hydrogen-bond donors (Lipinski definition) is 0. The zero-order valence-electron chi connectivity index (χ0n) is 10.8. The number of hydrogen-bond acceptors (Lipinski definition) is 3. The lowest BCUT2D eigenvalue weighted by Gasteiger charge is -2.09. The number of ketones is 1. The Morgan fingerprint density at radius 3 is 2.52 bits per heavy atom. The van der Waals surface area contributed by atoms with Gasteiger partial charge in [0, 0.05) is 0 Å². The normalized spacial score (nSPS) is 9.76. The molecule has 0 saturated carbocycles.